The number of ether oxygens (including phenoxy) is 1. The summed E-state index contributed by atoms with van der Waals surface area (Å²) in [5, 5.41) is 51.9. The molecule has 1 fully saturated rings. The van der Waals surface area contributed by atoms with E-state index in [4.69, 9.17) is 10.5 Å². The lowest BCUT2D eigenvalue weighted by molar-refractivity contribution is -0.144. The Labute approximate surface area is 471 Å². The summed E-state index contributed by atoms with van der Waals surface area (Å²) in [4.78, 5) is 168. The highest BCUT2D eigenvalue weighted by Crippen LogP contribution is 2.37. The number of aliphatic hydroxyl groups excluding tert-OH is 3. The maximum Gasteiger partial charge on any atom is 0.253 e. The van der Waals surface area contributed by atoms with E-state index < -0.39 is 194 Å². The van der Waals surface area contributed by atoms with Gasteiger partial charge >= 0.3 is 0 Å². The number of primary amides is 1. The summed E-state index contributed by atoms with van der Waals surface area (Å²) >= 11 is -1.16. The molecule has 31 heteroatoms. The molecule has 1 saturated heterocycles. The van der Waals surface area contributed by atoms with Gasteiger partial charge in [0.2, 0.25) is 64.1 Å². The van der Waals surface area contributed by atoms with Crippen LogP contribution in [0.5, 0.6) is 5.75 Å². The Morgan fingerprint density at radius 2 is 1.57 bits per heavy atom. The molecule has 442 valence electrons. The van der Waals surface area contributed by atoms with Gasteiger partial charge in [-0.1, -0.05) is 27.2 Å². The molecule has 0 aliphatic carbocycles. The molecule has 12 amide bonds. The Kier molecular flexibility index (Phi) is 22.0. The maximum atomic E-state index is 15.2. The molecular formula is C50H68N12O17S2. The minimum absolute atomic E-state index is 0.0674. The van der Waals surface area contributed by atoms with Crippen LogP contribution in [0.4, 0.5) is 0 Å². The third-order valence-electron chi connectivity index (χ3n) is 14.3. The number of H-pyrrole nitrogens is 1. The van der Waals surface area contributed by atoms with E-state index in [0.717, 1.165) is 22.0 Å². The highest BCUT2D eigenvalue weighted by Gasteiger charge is 2.45. The third-order valence-corrected chi connectivity index (χ3v) is 16.7. The van der Waals surface area contributed by atoms with Gasteiger partial charge in [-0.25, -0.2) is 0 Å². The number of hydrogen-bond donors (Lipinski definition) is 13. The van der Waals surface area contributed by atoms with E-state index in [0.29, 0.717) is 23.5 Å². The summed E-state index contributed by atoms with van der Waals surface area (Å²) in [6, 6.07) is -7.15. The number of aliphatic hydroxyl groups is 3. The molecule has 1 unspecified atom stereocenters. The fraction of sp³-hybridized carbons (Fsp3) is 0.560. The van der Waals surface area contributed by atoms with Gasteiger partial charge in [-0.2, -0.15) is 11.8 Å². The maximum absolute atomic E-state index is 15.2. The van der Waals surface area contributed by atoms with Crippen LogP contribution in [0.15, 0.2) is 29.3 Å². The van der Waals surface area contributed by atoms with E-state index in [1.165, 1.54) is 25.8 Å². The number of aromatic amines is 1. The summed E-state index contributed by atoms with van der Waals surface area (Å²) in [6.45, 7) is 1.61. The van der Waals surface area contributed by atoms with Crippen LogP contribution in [0.2, 0.25) is 0 Å². The summed E-state index contributed by atoms with van der Waals surface area (Å²) < 4.78 is 21.0. The van der Waals surface area contributed by atoms with Crippen LogP contribution in [-0.2, 0) is 80.9 Å². The molecule has 11 atom stereocenters. The molecule has 4 aliphatic rings. The normalized spacial score (nSPS) is 25.8. The predicted octanol–water partition coefficient (Wildman–Crippen LogP) is -5.95. The van der Waals surface area contributed by atoms with Crippen molar-refractivity contribution in [2.24, 2.45) is 17.6 Å². The molecule has 4 aliphatic heterocycles. The molecule has 6 rings (SSSR count). The number of benzene rings is 1. The van der Waals surface area contributed by atoms with Crippen LogP contribution in [0.3, 0.4) is 0 Å². The highest BCUT2D eigenvalue weighted by molar-refractivity contribution is 7.98. The zero-order valence-electron chi connectivity index (χ0n) is 44.8. The Morgan fingerprint density at radius 1 is 0.889 bits per heavy atom. The van der Waals surface area contributed by atoms with E-state index in [-0.39, 0.29) is 46.8 Å². The Hall–Kier alpha value is -7.32. The summed E-state index contributed by atoms with van der Waals surface area (Å²) in [5.41, 5.74) is 6.35. The monoisotopic (exact) mass is 1170 g/mol. The predicted molar refractivity (Wildman–Crippen MR) is 287 cm³/mol. The molecule has 0 radical (unpaired) electrons. The van der Waals surface area contributed by atoms with E-state index in [2.05, 4.69) is 47.5 Å². The molecule has 2 bridgehead atoms. The summed E-state index contributed by atoms with van der Waals surface area (Å²) in [5.74, 6) is -12.9. The van der Waals surface area contributed by atoms with Gasteiger partial charge in [-0.3, -0.25) is 62.4 Å². The van der Waals surface area contributed by atoms with Gasteiger partial charge < -0.3 is 82.8 Å². The largest absolute Gasteiger partial charge is 0.610 e. The van der Waals surface area contributed by atoms with Gasteiger partial charge in [0.25, 0.3) is 11.8 Å². The average molecular weight is 1170 g/mol. The second-order valence-corrected chi connectivity index (χ2v) is 22.4. The molecular weight excluding hydrogens is 1100 g/mol. The minimum Gasteiger partial charge on any atom is -0.610 e. The first kappa shape index (κ1) is 62.9. The van der Waals surface area contributed by atoms with Crippen molar-refractivity contribution in [2.45, 2.75) is 112 Å². The van der Waals surface area contributed by atoms with Crippen LogP contribution in [0.25, 0.3) is 10.9 Å². The number of methoxy groups -OCH3 is 1. The van der Waals surface area contributed by atoms with Crippen molar-refractivity contribution in [1.82, 2.24) is 57.3 Å². The van der Waals surface area contributed by atoms with Gasteiger partial charge in [0, 0.05) is 96.2 Å². The second-order valence-electron chi connectivity index (χ2n) is 19.9. The van der Waals surface area contributed by atoms with Crippen molar-refractivity contribution in [3.8, 4) is 5.75 Å². The van der Waals surface area contributed by atoms with Gasteiger partial charge in [-0.15, -0.1) is 0 Å². The number of nitrogens with two attached hydrogens (primary N) is 1. The molecule has 81 heavy (non-hydrogen) atoms. The van der Waals surface area contributed by atoms with Crippen molar-refractivity contribution in [1.29, 1.82) is 0 Å². The molecule has 5 heterocycles. The van der Waals surface area contributed by atoms with Crippen LogP contribution in [0.1, 0.15) is 57.6 Å². The lowest BCUT2D eigenvalue weighted by Crippen LogP contribution is -2.62. The molecule has 0 spiro atoms. The molecule has 29 nitrogen and oxygen atoms in total. The zero-order valence-corrected chi connectivity index (χ0v) is 46.5. The van der Waals surface area contributed by atoms with Gasteiger partial charge in [0.1, 0.15) is 41.7 Å². The van der Waals surface area contributed by atoms with Crippen molar-refractivity contribution in [3.05, 3.63) is 35.4 Å². The van der Waals surface area contributed by atoms with Gasteiger partial charge in [-0.05, 0) is 18.1 Å². The smallest absolute Gasteiger partial charge is 0.253 e. The molecule has 1 aromatic heterocycles. The first-order chi connectivity index (χ1) is 38.5. The number of fused-ring (bicyclic) bond motifs is 5. The number of thioether (sulfide) groups is 1. The number of hydrogen-bond acceptors (Lipinski definition) is 18. The Morgan fingerprint density at radius 3 is 2.22 bits per heavy atom. The number of nitrogens with zero attached hydrogens (tertiary/aromatic N) is 2. The zero-order chi connectivity index (χ0) is 59.4. The number of rotatable bonds is 16. The molecule has 0 saturated carbocycles. The van der Waals surface area contributed by atoms with Crippen LogP contribution in [-0.4, -0.2) is 212 Å². The number of imide groups is 1. The first-order valence-electron chi connectivity index (χ1n) is 26.0. The van der Waals surface area contributed by atoms with E-state index in [9.17, 15) is 72.9 Å². The topological polar surface area (TPSA) is 442 Å². The number of aromatic nitrogens is 1. The van der Waals surface area contributed by atoms with Crippen molar-refractivity contribution >= 4 is 105 Å². The second kappa shape index (κ2) is 28.4. The van der Waals surface area contributed by atoms with Crippen LogP contribution >= 0.6 is 11.8 Å². The summed E-state index contributed by atoms with van der Waals surface area (Å²) in [7, 11) is 1.38. The number of carbonyl (C=O) groups excluding carboxylic acids is 12. The highest BCUT2D eigenvalue weighted by atomic mass is 32.2. The Balaban J connectivity index is 1.49. The molecule has 14 N–H and O–H groups in total. The molecule has 2 aromatic rings. The average Bonchev–Trinajstić information content (AvgIpc) is 3.73. The van der Waals surface area contributed by atoms with Gasteiger partial charge in [0.15, 0.2) is 6.04 Å². The van der Waals surface area contributed by atoms with Crippen LogP contribution in [0, 0.1) is 11.8 Å². The van der Waals surface area contributed by atoms with Crippen molar-refractivity contribution in [2.75, 3.05) is 57.9 Å². The Bertz CT molecular complexity index is 2800. The quantitative estimate of drug-likeness (QED) is 0.0423. The third kappa shape index (κ3) is 15.8. The van der Waals surface area contributed by atoms with E-state index in [1.54, 1.807) is 26.0 Å². The fourth-order valence-corrected chi connectivity index (χ4v) is 11.8. The van der Waals surface area contributed by atoms with Crippen LogP contribution < -0.4 is 53.0 Å². The number of amides is 12. The van der Waals surface area contributed by atoms with E-state index >= 15 is 4.55 Å². The summed E-state index contributed by atoms with van der Waals surface area (Å²) in [6.07, 6.45) is -2.57. The van der Waals surface area contributed by atoms with E-state index in [1.807, 2.05) is 0 Å². The number of carbonyl (C=O) groups is 12. The van der Waals surface area contributed by atoms with Crippen molar-refractivity contribution < 1.29 is 82.1 Å². The van der Waals surface area contributed by atoms with Gasteiger partial charge in [0.05, 0.1) is 51.0 Å². The SMILES string of the molecule is CC[C@H](C)[C@@H]1NC(=O)CNC(=O)[C@@H]2Cc3c([nH]c4c(CSCCNC(=O)CCN5C(=O)C=CC5=O)c(OC)ccc34)[S+]([O-])C[C@H](NC(=O)CNC1=O)C(=O)N[C@@H](CC(N)=O)C(=O)N1C[C@H](O)C[C@H]1C(=O)N[C@@H]([C@@H](C)[C@@H](O)CO)C(=O)N2. The first-order valence-corrected chi connectivity index (χ1v) is 28.5. The lowest BCUT2D eigenvalue weighted by Gasteiger charge is -2.32. The minimum atomic E-state index is -2.48. The fourth-order valence-electron chi connectivity index (χ4n) is 9.54. The van der Waals surface area contributed by atoms with Crippen molar-refractivity contribution in [3.63, 3.8) is 0 Å². The lowest BCUT2D eigenvalue weighted by atomic mass is 9.93. The molecule has 1 aromatic carbocycles. The number of nitrogens with one attached hydrogen (secondary N) is 9. The standard InChI is InChI=1S/C50H68N12O17S2/c1-5-23(2)41-47(75)54-17-37(68)55-31-22-81(78)49-27(26-6-7-34(79-4)28(43(26)60-49)21-80-13-11-52-36(67)10-12-61-39(70)8-9-40(61)71)15-29(44(72)53-18-38(69)58-41)56-48(76)42(24(3)33(65)20-63)59-46(74)32-14-25(64)19-62(32)50(77)30(16-35(51)66)57-45(31)73/h6-9,23-25,29-33,41-42,60,63-65H,5,10-22H2,1-4H3,(H2,51,66)(H,52,67)(H,53,72)(H,54,75)(H,55,68)(H,56,76)(H,57,73)(H,58,69)(H,59,74)/t23-,24-,25+,29-,30-,31-,32-,33-,41-,42-,81?/m0/s1.